The number of aliphatic hydroxyl groups is 1. The first-order valence-electron chi connectivity index (χ1n) is 5.52. The molecule has 0 bridgehead atoms. The van der Waals surface area contributed by atoms with Crippen molar-refractivity contribution in [3.63, 3.8) is 0 Å². The maximum Gasteiger partial charge on any atom is 0.0638 e. The minimum absolute atomic E-state index is 0.238. The number of nitrogens with one attached hydrogen (secondary N) is 2. The van der Waals surface area contributed by atoms with Crippen LogP contribution in [0.4, 0.5) is 0 Å². The molecule has 1 rings (SSSR count). The van der Waals surface area contributed by atoms with Crippen molar-refractivity contribution in [1.29, 1.82) is 0 Å². The van der Waals surface area contributed by atoms with Crippen molar-refractivity contribution in [1.82, 2.24) is 15.5 Å². The van der Waals surface area contributed by atoms with E-state index in [4.69, 9.17) is 5.11 Å². The number of rotatable bonds is 7. The van der Waals surface area contributed by atoms with Crippen molar-refractivity contribution in [3.8, 4) is 0 Å². The van der Waals surface area contributed by atoms with Crippen LogP contribution in [0.25, 0.3) is 0 Å². The van der Waals surface area contributed by atoms with E-state index in [0.29, 0.717) is 6.04 Å². The number of nitrogens with zero attached hydrogens (tertiary/aromatic N) is 1. The Labute approximate surface area is 101 Å². The monoisotopic (exact) mass is 243 g/mol. The third kappa shape index (κ3) is 3.81. The molecule has 0 spiro atoms. The van der Waals surface area contributed by atoms with Crippen LogP contribution < -0.4 is 5.32 Å². The second-order valence-electron chi connectivity index (χ2n) is 3.96. The number of aryl methyl sites for hydroxylation is 2. The van der Waals surface area contributed by atoms with Gasteiger partial charge in [0.1, 0.15) is 0 Å². The van der Waals surface area contributed by atoms with Crippen molar-refractivity contribution in [2.45, 2.75) is 32.9 Å². The molecule has 0 aliphatic rings. The number of aromatic nitrogens is 2. The van der Waals surface area contributed by atoms with Gasteiger partial charge in [0.2, 0.25) is 0 Å². The average Bonchev–Trinajstić information content (AvgIpc) is 2.56. The standard InChI is InChI=1S/C11H21N3OS/c1-8-11(9(2)14-13-8)6-12-10(4-5-15)7-16-3/h10,12,15H,4-7H2,1-3H3,(H,13,14). The zero-order valence-electron chi connectivity index (χ0n) is 10.2. The summed E-state index contributed by atoms with van der Waals surface area (Å²) in [5, 5.41) is 19.6. The lowest BCUT2D eigenvalue weighted by Crippen LogP contribution is -2.32. The third-order valence-electron chi connectivity index (χ3n) is 2.69. The predicted molar refractivity (Wildman–Crippen MR) is 68.8 cm³/mol. The molecule has 1 heterocycles. The molecule has 0 saturated heterocycles. The highest BCUT2D eigenvalue weighted by Gasteiger charge is 2.10. The molecule has 1 atom stereocenters. The van der Waals surface area contributed by atoms with Gasteiger partial charge in [-0.05, 0) is 26.5 Å². The summed E-state index contributed by atoms with van der Waals surface area (Å²) in [6.07, 6.45) is 2.89. The van der Waals surface area contributed by atoms with Crippen LogP contribution >= 0.6 is 11.8 Å². The summed E-state index contributed by atoms with van der Waals surface area (Å²) in [7, 11) is 0. The number of H-pyrrole nitrogens is 1. The average molecular weight is 243 g/mol. The molecule has 0 aliphatic heterocycles. The van der Waals surface area contributed by atoms with Crippen molar-refractivity contribution < 1.29 is 5.11 Å². The Bertz CT molecular complexity index is 289. The first-order valence-corrected chi connectivity index (χ1v) is 6.92. The van der Waals surface area contributed by atoms with Crippen LogP contribution in [0, 0.1) is 13.8 Å². The normalized spacial score (nSPS) is 13.0. The molecule has 3 N–H and O–H groups in total. The molecule has 0 fully saturated rings. The molecule has 0 aliphatic carbocycles. The molecule has 1 aromatic heterocycles. The first kappa shape index (κ1) is 13.5. The van der Waals surface area contributed by atoms with Crippen molar-refractivity contribution in [2.75, 3.05) is 18.6 Å². The van der Waals surface area contributed by atoms with E-state index in [9.17, 15) is 0 Å². The lowest BCUT2D eigenvalue weighted by Gasteiger charge is -2.16. The van der Waals surface area contributed by atoms with E-state index in [0.717, 1.165) is 30.1 Å². The zero-order chi connectivity index (χ0) is 12.0. The predicted octanol–water partition coefficient (Wildman–Crippen LogP) is 1.23. The zero-order valence-corrected chi connectivity index (χ0v) is 11.0. The molecule has 5 heteroatoms. The first-order chi connectivity index (χ1) is 7.69. The molecular weight excluding hydrogens is 222 g/mol. The highest BCUT2D eigenvalue weighted by molar-refractivity contribution is 7.98. The van der Waals surface area contributed by atoms with Gasteiger partial charge < -0.3 is 10.4 Å². The molecule has 16 heavy (non-hydrogen) atoms. The van der Waals surface area contributed by atoms with Gasteiger partial charge in [-0.25, -0.2) is 0 Å². The van der Waals surface area contributed by atoms with Crippen molar-refractivity contribution >= 4 is 11.8 Å². The van der Waals surface area contributed by atoms with E-state index in [-0.39, 0.29) is 6.61 Å². The number of aromatic amines is 1. The number of aliphatic hydroxyl groups excluding tert-OH is 1. The minimum atomic E-state index is 0.238. The Morgan fingerprint density at radius 2 is 2.25 bits per heavy atom. The van der Waals surface area contributed by atoms with Crippen molar-refractivity contribution in [3.05, 3.63) is 17.0 Å². The van der Waals surface area contributed by atoms with E-state index < -0.39 is 0 Å². The molecule has 0 radical (unpaired) electrons. The Hall–Kier alpha value is -0.520. The second-order valence-corrected chi connectivity index (χ2v) is 4.87. The van der Waals surface area contributed by atoms with Gasteiger partial charge in [-0.1, -0.05) is 0 Å². The summed E-state index contributed by atoms with van der Waals surface area (Å²) in [6.45, 7) is 5.10. The largest absolute Gasteiger partial charge is 0.396 e. The van der Waals surface area contributed by atoms with E-state index in [2.05, 4.69) is 21.8 Å². The number of hydrogen-bond donors (Lipinski definition) is 3. The van der Waals surface area contributed by atoms with E-state index in [1.807, 2.05) is 13.8 Å². The summed E-state index contributed by atoms with van der Waals surface area (Å²) < 4.78 is 0. The summed E-state index contributed by atoms with van der Waals surface area (Å²) in [6, 6.07) is 0.369. The van der Waals surface area contributed by atoms with Crippen molar-refractivity contribution in [2.24, 2.45) is 0 Å². The van der Waals surface area contributed by atoms with Crippen LogP contribution in [-0.2, 0) is 6.54 Å². The lowest BCUT2D eigenvalue weighted by molar-refractivity contribution is 0.269. The summed E-state index contributed by atoms with van der Waals surface area (Å²) >= 11 is 1.80. The summed E-state index contributed by atoms with van der Waals surface area (Å²) in [5.41, 5.74) is 3.41. The van der Waals surface area contributed by atoms with Crippen LogP contribution in [0.15, 0.2) is 0 Å². The van der Waals surface area contributed by atoms with Gasteiger partial charge in [-0.2, -0.15) is 16.9 Å². The third-order valence-corrected chi connectivity index (χ3v) is 3.43. The molecule has 1 unspecified atom stereocenters. The van der Waals surface area contributed by atoms with Gasteiger partial charge >= 0.3 is 0 Å². The van der Waals surface area contributed by atoms with Crippen LogP contribution in [0.1, 0.15) is 23.4 Å². The van der Waals surface area contributed by atoms with Gasteiger partial charge in [0.25, 0.3) is 0 Å². The molecule has 0 amide bonds. The SMILES string of the molecule is CSCC(CCO)NCc1c(C)n[nH]c1C. The van der Waals surface area contributed by atoms with E-state index in [1.54, 1.807) is 11.8 Å². The van der Waals surface area contributed by atoms with Gasteiger partial charge in [0.15, 0.2) is 0 Å². The maximum absolute atomic E-state index is 8.96. The van der Waals surface area contributed by atoms with Crippen LogP contribution in [-0.4, -0.2) is 40.0 Å². The fourth-order valence-corrected chi connectivity index (χ4v) is 2.37. The van der Waals surface area contributed by atoms with Gasteiger partial charge in [-0.3, -0.25) is 5.10 Å². The summed E-state index contributed by atoms with van der Waals surface area (Å²) in [5.74, 6) is 1.02. The topological polar surface area (TPSA) is 60.9 Å². The van der Waals surface area contributed by atoms with E-state index >= 15 is 0 Å². The lowest BCUT2D eigenvalue weighted by atomic mass is 10.1. The second kappa shape index (κ2) is 6.93. The fraction of sp³-hybridized carbons (Fsp3) is 0.727. The van der Waals surface area contributed by atoms with Gasteiger partial charge in [-0.15, -0.1) is 0 Å². The van der Waals surface area contributed by atoms with Crippen LogP contribution in [0.3, 0.4) is 0 Å². The molecule has 1 aromatic rings. The summed E-state index contributed by atoms with van der Waals surface area (Å²) in [4.78, 5) is 0. The molecule has 4 nitrogen and oxygen atoms in total. The van der Waals surface area contributed by atoms with Gasteiger partial charge in [0.05, 0.1) is 5.69 Å². The Balaban J connectivity index is 2.48. The molecule has 0 saturated carbocycles. The number of thioether (sulfide) groups is 1. The Morgan fingerprint density at radius 3 is 2.75 bits per heavy atom. The quantitative estimate of drug-likeness (QED) is 0.674. The smallest absolute Gasteiger partial charge is 0.0638 e. The highest BCUT2D eigenvalue weighted by atomic mass is 32.2. The number of hydrogen-bond acceptors (Lipinski definition) is 4. The Morgan fingerprint density at radius 1 is 1.50 bits per heavy atom. The molecule has 0 aromatic carbocycles. The Kier molecular flexibility index (Phi) is 5.87. The highest BCUT2D eigenvalue weighted by Crippen LogP contribution is 2.10. The fourth-order valence-electron chi connectivity index (χ4n) is 1.68. The van der Waals surface area contributed by atoms with Crippen LogP contribution in [0.5, 0.6) is 0 Å². The van der Waals surface area contributed by atoms with Crippen LogP contribution in [0.2, 0.25) is 0 Å². The maximum atomic E-state index is 8.96. The molecule has 92 valence electrons. The van der Waals surface area contributed by atoms with E-state index in [1.165, 1.54) is 5.56 Å². The van der Waals surface area contributed by atoms with Gasteiger partial charge in [0, 0.05) is 36.2 Å². The molecular formula is C11H21N3OS. The minimum Gasteiger partial charge on any atom is -0.396 e.